The zero-order chi connectivity index (χ0) is 7.84. The topological polar surface area (TPSA) is 49.7 Å². The van der Waals surface area contributed by atoms with Gasteiger partial charge in [-0.15, -0.1) is 0 Å². The fourth-order valence-electron chi connectivity index (χ4n) is 1.79. The minimum Gasteiger partial charge on any atom is -0.495 e. The van der Waals surface area contributed by atoms with Crippen LogP contribution < -0.4 is 0 Å². The van der Waals surface area contributed by atoms with Crippen LogP contribution in [-0.4, -0.2) is 29.0 Å². The molecule has 2 N–H and O–H groups in total. The third-order valence-electron chi connectivity index (χ3n) is 2.39. The molecule has 0 bridgehead atoms. The minimum atomic E-state index is -0.503. The van der Waals surface area contributed by atoms with Crippen molar-refractivity contribution in [1.82, 2.24) is 0 Å². The molecule has 1 aliphatic carbocycles. The van der Waals surface area contributed by atoms with Crippen LogP contribution in [0, 0.1) is 5.92 Å². The zero-order valence-electron chi connectivity index (χ0n) is 6.23. The maximum absolute atomic E-state index is 9.47. The summed E-state index contributed by atoms with van der Waals surface area (Å²) < 4.78 is 5.19. The second-order valence-corrected chi connectivity index (χ2v) is 3.16. The number of hydrogen-bond donors (Lipinski definition) is 2. The Bertz CT molecular complexity index is 188. The van der Waals surface area contributed by atoms with Gasteiger partial charge in [0.25, 0.3) is 0 Å². The molecule has 0 aromatic heterocycles. The van der Waals surface area contributed by atoms with Crippen molar-refractivity contribution in [2.24, 2.45) is 5.92 Å². The van der Waals surface area contributed by atoms with Gasteiger partial charge in [0.05, 0.1) is 12.0 Å². The summed E-state index contributed by atoms with van der Waals surface area (Å²) in [4.78, 5) is 0. The molecule has 3 unspecified atom stereocenters. The van der Waals surface area contributed by atoms with E-state index in [-0.39, 0.29) is 5.92 Å². The molecule has 1 saturated heterocycles. The second-order valence-electron chi connectivity index (χ2n) is 3.16. The van der Waals surface area contributed by atoms with E-state index in [0.29, 0.717) is 6.61 Å². The van der Waals surface area contributed by atoms with E-state index in [1.807, 2.05) is 6.08 Å². The highest BCUT2D eigenvalue weighted by molar-refractivity contribution is 5.12. The number of allylic oxidation sites excluding steroid dienone is 1. The van der Waals surface area contributed by atoms with Crippen LogP contribution in [0.4, 0.5) is 0 Å². The molecule has 0 amide bonds. The Balaban J connectivity index is 2.22. The van der Waals surface area contributed by atoms with Crippen LogP contribution in [0.25, 0.3) is 0 Å². The molecule has 3 nitrogen and oxygen atoms in total. The first-order valence-corrected chi connectivity index (χ1v) is 3.98. The lowest BCUT2D eigenvalue weighted by atomic mass is 9.88. The van der Waals surface area contributed by atoms with E-state index >= 15 is 0 Å². The standard InChI is InChI=1S/C8H12O3/c9-5-2-1-3-7-8(5)6(10)4-11-7/h3,5-6,8-10H,1-2,4H2. The van der Waals surface area contributed by atoms with E-state index in [0.717, 1.165) is 18.6 Å². The molecule has 62 valence electrons. The number of ether oxygens (including phenoxy) is 1. The van der Waals surface area contributed by atoms with Crippen molar-refractivity contribution in [3.63, 3.8) is 0 Å². The fourth-order valence-corrected chi connectivity index (χ4v) is 1.79. The van der Waals surface area contributed by atoms with Gasteiger partial charge in [-0.05, 0) is 18.9 Å². The summed E-state index contributed by atoms with van der Waals surface area (Å²) in [6.45, 7) is 0.341. The molecule has 1 heterocycles. The van der Waals surface area contributed by atoms with Gasteiger partial charge in [0, 0.05) is 0 Å². The van der Waals surface area contributed by atoms with E-state index in [1.54, 1.807) is 0 Å². The summed E-state index contributed by atoms with van der Waals surface area (Å²) in [5.41, 5.74) is 0. The van der Waals surface area contributed by atoms with Crippen LogP contribution in [0.15, 0.2) is 11.8 Å². The van der Waals surface area contributed by atoms with Gasteiger partial charge in [0.15, 0.2) is 0 Å². The van der Waals surface area contributed by atoms with Gasteiger partial charge >= 0.3 is 0 Å². The van der Waals surface area contributed by atoms with Crippen LogP contribution in [0.5, 0.6) is 0 Å². The number of hydrogen-bond acceptors (Lipinski definition) is 3. The minimum absolute atomic E-state index is 0.149. The lowest BCUT2D eigenvalue weighted by molar-refractivity contribution is 0.0421. The SMILES string of the molecule is OC1CCC=C2OCC(O)C21. The summed E-state index contributed by atoms with van der Waals surface area (Å²) in [6, 6.07) is 0. The van der Waals surface area contributed by atoms with Crippen LogP contribution >= 0.6 is 0 Å². The molecule has 3 atom stereocenters. The molecule has 0 aromatic rings. The molecule has 1 aliphatic heterocycles. The fraction of sp³-hybridized carbons (Fsp3) is 0.750. The van der Waals surface area contributed by atoms with Crippen LogP contribution in [0.1, 0.15) is 12.8 Å². The average molecular weight is 156 g/mol. The Labute approximate surface area is 65.3 Å². The van der Waals surface area contributed by atoms with Gasteiger partial charge in [0.2, 0.25) is 0 Å². The zero-order valence-corrected chi connectivity index (χ0v) is 6.23. The number of aliphatic hydroxyl groups is 2. The molecule has 1 fully saturated rings. The van der Waals surface area contributed by atoms with Crippen molar-refractivity contribution in [1.29, 1.82) is 0 Å². The highest BCUT2D eigenvalue weighted by Crippen LogP contribution is 2.33. The number of aliphatic hydroxyl groups excluding tert-OH is 2. The smallest absolute Gasteiger partial charge is 0.114 e. The average Bonchev–Trinajstić information content (AvgIpc) is 2.34. The Morgan fingerprint density at radius 1 is 1.36 bits per heavy atom. The first-order chi connectivity index (χ1) is 5.29. The highest BCUT2D eigenvalue weighted by atomic mass is 16.5. The van der Waals surface area contributed by atoms with Gasteiger partial charge in [-0.1, -0.05) is 0 Å². The summed E-state index contributed by atoms with van der Waals surface area (Å²) in [5, 5.41) is 18.8. The van der Waals surface area contributed by atoms with Gasteiger partial charge < -0.3 is 14.9 Å². The molecule has 2 rings (SSSR count). The summed E-state index contributed by atoms with van der Waals surface area (Å²) in [6.07, 6.45) is 2.66. The molecular formula is C8H12O3. The first-order valence-electron chi connectivity index (χ1n) is 3.98. The van der Waals surface area contributed by atoms with E-state index < -0.39 is 12.2 Å². The van der Waals surface area contributed by atoms with Crippen molar-refractivity contribution in [3.05, 3.63) is 11.8 Å². The van der Waals surface area contributed by atoms with Crippen LogP contribution in [0.2, 0.25) is 0 Å². The van der Waals surface area contributed by atoms with E-state index in [9.17, 15) is 10.2 Å². The van der Waals surface area contributed by atoms with E-state index in [1.165, 1.54) is 0 Å². The van der Waals surface area contributed by atoms with Gasteiger partial charge in [-0.25, -0.2) is 0 Å². The van der Waals surface area contributed by atoms with E-state index in [2.05, 4.69) is 0 Å². The number of fused-ring (bicyclic) bond motifs is 1. The molecule has 0 aromatic carbocycles. The Kier molecular flexibility index (Phi) is 1.62. The Morgan fingerprint density at radius 3 is 2.91 bits per heavy atom. The lowest BCUT2D eigenvalue weighted by Crippen LogP contribution is -2.31. The highest BCUT2D eigenvalue weighted by Gasteiger charge is 2.38. The Morgan fingerprint density at radius 2 is 2.18 bits per heavy atom. The summed E-state index contributed by atoms with van der Waals surface area (Å²) in [5.74, 6) is 0.639. The first kappa shape index (κ1) is 7.13. The van der Waals surface area contributed by atoms with Crippen molar-refractivity contribution in [3.8, 4) is 0 Å². The predicted octanol–water partition coefficient (Wildman–Crippen LogP) is 0.0323. The third-order valence-corrected chi connectivity index (χ3v) is 2.39. The molecule has 11 heavy (non-hydrogen) atoms. The molecule has 3 heteroatoms. The van der Waals surface area contributed by atoms with Crippen LogP contribution in [0.3, 0.4) is 0 Å². The largest absolute Gasteiger partial charge is 0.495 e. The summed E-state index contributed by atoms with van der Waals surface area (Å²) in [7, 11) is 0. The van der Waals surface area contributed by atoms with Crippen LogP contribution in [-0.2, 0) is 4.74 Å². The second kappa shape index (κ2) is 2.50. The molecule has 0 spiro atoms. The lowest BCUT2D eigenvalue weighted by Gasteiger charge is -2.23. The molecule has 2 aliphatic rings. The van der Waals surface area contributed by atoms with Crippen molar-refractivity contribution in [2.45, 2.75) is 25.0 Å². The normalized spacial score (nSPS) is 42.7. The van der Waals surface area contributed by atoms with Crippen molar-refractivity contribution < 1.29 is 14.9 Å². The maximum Gasteiger partial charge on any atom is 0.114 e. The van der Waals surface area contributed by atoms with E-state index in [4.69, 9.17) is 4.74 Å². The quantitative estimate of drug-likeness (QED) is 0.520. The van der Waals surface area contributed by atoms with Crippen molar-refractivity contribution in [2.75, 3.05) is 6.61 Å². The molecular weight excluding hydrogens is 144 g/mol. The molecule has 0 saturated carbocycles. The number of rotatable bonds is 0. The van der Waals surface area contributed by atoms with Gasteiger partial charge in [0.1, 0.15) is 18.5 Å². The van der Waals surface area contributed by atoms with Gasteiger partial charge in [-0.2, -0.15) is 0 Å². The monoisotopic (exact) mass is 156 g/mol. The molecule has 0 radical (unpaired) electrons. The Hall–Kier alpha value is -0.540. The van der Waals surface area contributed by atoms with Gasteiger partial charge in [-0.3, -0.25) is 0 Å². The maximum atomic E-state index is 9.47. The third kappa shape index (κ3) is 1.04. The van der Waals surface area contributed by atoms with Crippen molar-refractivity contribution >= 4 is 0 Å². The summed E-state index contributed by atoms with van der Waals surface area (Å²) >= 11 is 0. The predicted molar refractivity (Wildman–Crippen MR) is 38.8 cm³/mol.